The molecule has 26 heavy (non-hydrogen) atoms. The number of anilines is 1. The van der Waals surface area contributed by atoms with Crippen molar-refractivity contribution in [2.75, 3.05) is 17.7 Å². The molecule has 0 spiro atoms. The molecule has 1 atom stereocenters. The van der Waals surface area contributed by atoms with E-state index in [2.05, 4.69) is 5.32 Å². The summed E-state index contributed by atoms with van der Waals surface area (Å²) in [6.07, 6.45) is 1.45. The summed E-state index contributed by atoms with van der Waals surface area (Å²) in [5.74, 6) is 0.316. The van der Waals surface area contributed by atoms with Gasteiger partial charge in [0.2, 0.25) is 15.9 Å². The lowest BCUT2D eigenvalue weighted by molar-refractivity contribution is -0.122. The normalized spacial score (nSPS) is 12.3. The van der Waals surface area contributed by atoms with E-state index < -0.39 is 16.1 Å². The molecule has 1 N–H and O–H groups in total. The summed E-state index contributed by atoms with van der Waals surface area (Å²) < 4.78 is 31.1. The second kappa shape index (κ2) is 8.71. The van der Waals surface area contributed by atoms with Crippen molar-refractivity contribution in [2.24, 2.45) is 0 Å². The Kier molecular flexibility index (Phi) is 6.63. The molecule has 0 heterocycles. The fourth-order valence-electron chi connectivity index (χ4n) is 2.78. The predicted molar refractivity (Wildman–Crippen MR) is 103 cm³/mol. The van der Waals surface area contributed by atoms with Crippen LogP contribution < -0.4 is 14.4 Å². The number of methoxy groups -OCH3 is 1. The number of sulfonamides is 1. The molecule has 0 unspecified atom stereocenters. The van der Waals surface area contributed by atoms with Crippen LogP contribution >= 0.6 is 0 Å². The Labute approximate surface area is 154 Å². The van der Waals surface area contributed by atoms with E-state index in [0.717, 1.165) is 11.8 Å². The van der Waals surface area contributed by atoms with Crippen LogP contribution in [-0.4, -0.2) is 33.7 Å². The molecule has 7 heteroatoms. The number of carbonyl (C=O) groups is 1. The van der Waals surface area contributed by atoms with E-state index in [1.165, 1.54) is 4.31 Å². The Morgan fingerprint density at radius 1 is 1.12 bits per heavy atom. The summed E-state index contributed by atoms with van der Waals surface area (Å²) in [7, 11) is -2.06. The summed E-state index contributed by atoms with van der Waals surface area (Å²) in [6.45, 7) is 2.04. The number of carbonyl (C=O) groups excluding carboxylic acids is 1. The third-order valence-corrected chi connectivity index (χ3v) is 5.17. The molecule has 0 aliphatic heterocycles. The van der Waals surface area contributed by atoms with Crippen LogP contribution in [0.4, 0.5) is 5.69 Å². The summed E-state index contributed by atoms with van der Waals surface area (Å²) in [4.78, 5) is 12.8. The smallest absolute Gasteiger partial charge is 0.244 e. The molecule has 0 bridgehead atoms. The van der Waals surface area contributed by atoms with Gasteiger partial charge in [0.15, 0.2) is 0 Å². The molecule has 0 saturated heterocycles. The van der Waals surface area contributed by atoms with E-state index in [1.807, 2.05) is 24.3 Å². The molecule has 2 aromatic rings. The lowest BCUT2D eigenvalue weighted by Crippen LogP contribution is -2.49. The molecule has 6 nitrogen and oxygen atoms in total. The number of hydrogen-bond acceptors (Lipinski definition) is 4. The van der Waals surface area contributed by atoms with Gasteiger partial charge in [-0.1, -0.05) is 43.3 Å². The van der Waals surface area contributed by atoms with E-state index in [-0.39, 0.29) is 12.5 Å². The van der Waals surface area contributed by atoms with E-state index in [4.69, 9.17) is 4.74 Å². The summed E-state index contributed by atoms with van der Waals surface area (Å²) in [5.41, 5.74) is 1.29. The zero-order chi connectivity index (χ0) is 19.2. The van der Waals surface area contributed by atoms with Gasteiger partial charge in [0, 0.05) is 12.1 Å². The van der Waals surface area contributed by atoms with Gasteiger partial charge in [0.25, 0.3) is 0 Å². The zero-order valence-corrected chi connectivity index (χ0v) is 16.0. The van der Waals surface area contributed by atoms with E-state index >= 15 is 0 Å². The van der Waals surface area contributed by atoms with Crippen molar-refractivity contribution in [2.45, 2.75) is 25.9 Å². The highest BCUT2D eigenvalue weighted by Gasteiger charge is 2.31. The van der Waals surface area contributed by atoms with Gasteiger partial charge in [0.05, 0.1) is 19.1 Å². The quantitative estimate of drug-likeness (QED) is 0.768. The van der Waals surface area contributed by atoms with Crippen molar-refractivity contribution in [1.82, 2.24) is 5.32 Å². The lowest BCUT2D eigenvalue weighted by Gasteiger charge is -2.30. The van der Waals surface area contributed by atoms with Crippen LogP contribution in [0.5, 0.6) is 5.75 Å². The van der Waals surface area contributed by atoms with Crippen LogP contribution in [0.1, 0.15) is 18.9 Å². The Morgan fingerprint density at radius 2 is 1.73 bits per heavy atom. The number of nitrogens with one attached hydrogen (secondary N) is 1. The maximum absolute atomic E-state index is 12.8. The first-order chi connectivity index (χ1) is 12.4. The van der Waals surface area contributed by atoms with Gasteiger partial charge >= 0.3 is 0 Å². The van der Waals surface area contributed by atoms with Gasteiger partial charge in [0.1, 0.15) is 11.8 Å². The maximum atomic E-state index is 12.8. The molecule has 0 saturated carbocycles. The molecule has 1 amide bonds. The van der Waals surface area contributed by atoms with Gasteiger partial charge < -0.3 is 10.1 Å². The Bertz CT molecular complexity index is 838. The zero-order valence-electron chi connectivity index (χ0n) is 15.2. The number of para-hydroxylation sites is 2. The molecule has 2 rings (SSSR count). The van der Waals surface area contributed by atoms with E-state index in [0.29, 0.717) is 17.9 Å². The Morgan fingerprint density at radius 3 is 2.31 bits per heavy atom. The van der Waals surface area contributed by atoms with Gasteiger partial charge in [-0.2, -0.15) is 0 Å². The van der Waals surface area contributed by atoms with Crippen LogP contribution in [-0.2, 0) is 21.4 Å². The number of ether oxygens (including phenoxy) is 1. The van der Waals surface area contributed by atoms with Crippen molar-refractivity contribution in [1.29, 1.82) is 0 Å². The molecular weight excluding hydrogens is 352 g/mol. The van der Waals surface area contributed by atoms with Crippen molar-refractivity contribution in [3.63, 3.8) is 0 Å². The van der Waals surface area contributed by atoms with E-state index in [9.17, 15) is 13.2 Å². The van der Waals surface area contributed by atoms with Crippen LogP contribution in [0.3, 0.4) is 0 Å². The molecule has 2 aromatic carbocycles. The average Bonchev–Trinajstić information content (AvgIpc) is 2.63. The molecule has 0 fully saturated rings. The summed E-state index contributed by atoms with van der Waals surface area (Å²) in [5, 5.41) is 2.82. The molecule has 0 aromatic heterocycles. The standard InChI is InChI=1S/C19H24N2O4S/c1-4-17(21(26(3,23)24)16-11-6-5-7-12-16)19(22)20-14-15-10-8-9-13-18(15)25-2/h5-13,17H,4,14H2,1-3H3,(H,20,22)/t17-/m0/s1. The molecular formula is C19H24N2O4S. The minimum Gasteiger partial charge on any atom is -0.496 e. The monoisotopic (exact) mass is 376 g/mol. The van der Waals surface area contributed by atoms with Crippen molar-refractivity contribution < 1.29 is 17.9 Å². The van der Waals surface area contributed by atoms with Crippen LogP contribution in [0.25, 0.3) is 0 Å². The number of amides is 1. The summed E-state index contributed by atoms with van der Waals surface area (Å²) in [6, 6.07) is 15.2. The average molecular weight is 376 g/mol. The Balaban J connectivity index is 2.23. The van der Waals surface area contributed by atoms with Crippen molar-refractivity contribution >= 4 is 21.6 Å². The first kappa shape index (κ1) is 19.8. The van der Waals surface area contributed by atoms with Crippen molar-refractivity contribution in [3.8, 4) is 5.75 Å². The van der Waals surface area contributed by atoms with Gasteiger partial charge in [-0.15, -0.1) is 0 Å². The highest BCUT2D eigenvalue weighted by atomic mass is 32.2. The first-order valence-corrected chi connectivity index (χ1v) is 10.2. The third kappa shape index (κ3) is 4.76. The van der Waals surface area contributed by atoms with Crippen LogP contribution in [0.15, 0.2) is 54.6 Å². The van der Waals surface area contributed by atoms with Gasteiger partial charge in [-0.05, 0) is 24.6 Å². The lowest BCUT2D eigenvalue weighted by atomic mass is 10.1. The number of hydrogen-bond donors (Lipinski definition) is 1. The largest absolute Gasteiger partial charge is 0.496 e. The van der Waals surface area contributed by atoms with Crippen LogP contribution in [0, 0.1) is 0 Å². The molecule has 0 radical (unpaired) electrons. The number of nitrogens with zero attached hydrogens (tertiary/aromatic N) is 1. The summed E-state index contributed by atoms with van der Waals surface area (Å²) >= 11 is 0. The third-order valence-electron chi connectivity index (χ3n) is 3.99. The second-order valence-corrected chi connectivity index (χ2v) is 7.71. The Hall–Kier alpha value is -2.54. The topological polar surface area (TPSA) is 75.7 Å². The number of rotatable bonds is 8. The fourth-order valence-corrected chi connectivity index (χ4v) is 4.00. The molecule has 0 aliphatic carbocycles. The SMILES string of the molecule is CC[C@@H](C(=O)NCc1ccccc1OC)N(c1ccccc1)S(C)(=O)=O. The van der Waals surface area contributed by atoms with Gasteiger partial charge in [-0.25, -0.2) is 8.42 Å². The highest BCUT2D eigenvalue weighted by Crippen LogP contribution is 2.22. The molecule has 140 valence electrons. The van der Waals surface area contributed by atoms with E-state index in [1.54, 1.807) is 44.4 Å². The number of benzene rings is 2. The predicted octanol–water partition coefficient (Wildman–Crippen LogP) is 2.56. The van der Waals surface area contributed by atoms with Gasteiger partial charge in [-0.3, -0.25) is 9.10 Å². The fraction of sp³-hybridized carbons (Fsp3) is 0.316. The maximum Gasteiger partial charge on any atom is 0.244 e. The highest BCUT2D eigenvalue weighted by molar-refractivity contribution is 7.92. The first-order valence-electron chi connectivity index (χ1n) is 8.32. The van der Waals surface area contributed by atoms with Crippen molar-refractivity contribution in [3.05, 3.63) is 60.2 Å². The minimum absolute atomic E-state index is 0.256. The van der Waals surface area contributed by atoms with Crippen LogP contribution in [0.2, 0.25) is 0 Å². The second-order valence-electron chi connectivity index (χ2n) is 5.85. The minimum atomic E-state index is -3.62. The molecule has 0 aliphatic rings.